The molecule has 2 aliphatic rings. The van der Waals surface area contributed by atoms with Gasteiger partial charge in [-0.3, -0.25) is 4.90 Å². The molecule has 0 saturated carbocycles. The van der Waals surface area contributed by atoms with Gasteiger partial charge < -0.3 is 19.8 Å². The van der Waals surface area contributed by atoms with Crippen molar-refractivity contribution in [3.8, 4) is 5.75 Å². The highest BCUT2D eigenvalue weighted by Crippen LogP contribution is 2.38. The van der Waals surface area contributed by atoms with Crippen LogP contribution >= 0.6 is 0 Å². The van der Waals surface area contributed by atoms with Gasteiger partial charge in [-0.25, -0.2) is 0 Å². The first-order chi connectivity index (χ1) is 12.6. The lowest BCUT2D eigenvalue weighted by molar-refractivity contribution is -0.0807. The van der Waals surface area contributed by atoms with E-state index in [4.69, 9.17) is 4.74 Å². The maximum atomic E-state index is 10.7. The number of ether oxygens (including phenoxy) is 1. The summed E-state index contributed by atoms with van der Waals surface area (Å²) in [5, 5.41) is 20.4. The standard InChI is InChI=1S/C21H34N2O3/c1-3-11-26-19-6-5-17(12-18(19)14-24)13-23-9-4-8-21(16-23)15-22(2)10-7-20(21)25/h5-6,12,20,24-25H,3-4,7-11,13-16H2,1-2H3/t20-,21-/m0/s1. The summed E-state index contributed by atoms with van der Waals surface area (Å²) in [7, 11) is 2.16. The summed E-state index contributed by atoms with van der Waals surface area (Å²) in [5.41, 5.74) is 2.07. The third kappa shape index (κ3) is 4.39. The van der Waals surface area contributed by atoms with E-state index in [1.54, 1.807) is 0 Å². The van der Waals surface area contributed by atoms with Crippen molar-refractivity contribution in [2.24, 2.45) is 5.41 Å². The van der Waals surface area contributed by atoms with Gasteiger partial charge in [0.25, 0.3) is 0 Å². The summed E-state index contributed by atoms with van der Waals surface area (Å²) in [6.07, 6.45) is 3.89. The molecule has 2 saturated heterocycles. The van der Waals surface area contributed by atoms with Crippen molar-refractivity contribution in [1.82, 2.24) is 9.80 Å². The van der Waals surface area contributed by atoms with Crippen LogP contribution < -0.4 is 4.74 Å². The molecule has 2 atom stereocenters. The van der Waals surface area contributed by atoms with Crippen LogP contribution in [0.4, 0.5) is 0 Å². The Bertz CT molecular complexity index is 595. The molecule has 5 nitrogen and oxygen atoms in total. The van der Waals surface area contributed by atoms with Crippen molar-refractivity contribution in [3.05, 3.63) is 29.3 Å². The van der Waals surface area contributed by atoms with Crippen LogP contribution in [-0.4, -0.2) is 66.0 Å². The van der Waals surface area contributed by atoms with Gasteiger partial charge in [0.2, 0.25) is 0 Å². The van der Waals surface area contributed by atoms with Gasteiger partial charge in [-0.1, -0.05) is 13.0 Å². The van der Waals surface area contributed by atoms with Crippen molar-refractivity contribution >= 4 is 0 Å². The van der Waals surface area contributed by atoms with Crippen LogP contribution in [0.5, 0.6) is 5.75 Å². The highest BCUT2D eigenvalue weighted by atomic mass is 16.5. The molecule has 0 bridgehead atoms. The fraction of sp³-hybridized carbons (Fsp3) is 0.714. The largest absolute Gasteiger partial charge is 0.493 e. The van der Waals surface area contributed by atoms with Gasteiger partial charge in [-0.15, -0.1) is 0 Å². The van der Waals surface area contributed by atoms with Crippen LogP contribution in [-0.2, 0) is 13.2 Å². The van der Waals surface area contributed by atoms with Crippen LogP contribution in [0.1, 0.15) is 43.7 Å². The Morgan fingerprint density at radius 2 is 2.12 bits per heavy atom. The fourth-order valence-electron chi connectivity index (χ4n) is 4.63. The molecular weight excluding hydrogens is 328 g/mol. The predicted molar refractivity (Wildman–Crippen MR) is 103 cm³/mol. The average Bonchev–Trinajstić information content (AvgIpc) is 2.64. The number of nitrogens with zero attached hydrogens (tertiary/aromatic N) is 2. The Morgan fingerprint density at radius 1 is 1.27 bits per heavy atom. The Kier molecular flexibility index (Phi) is 6.56. The van der Waals surface area contributed by atoms with E-state index in [1.807, 2.05) is 6.07 Å². The first-order valence-electron chi connectivity index (χ1n) is 10.0. The summed E-state index contributed by atoms with van der Waals surface area (Å²) in [6.45, 7) is 7.60. The summed E-state index contributed by atoms with van der Waals surface area (Å²) in [5.74, 6) is 0.789. The van der Waals surface area contributed by atoms with Crippen LogP contribution in [0.25, 0.3) is 0 Å². The van der Waals surface area contributed by atoms with E-state index in [2.05, 4.69) is 35.9 Å². The minimum Gasteiger partial charge on any atom is -0.493 e. The molecule has 0 radical (unpaired) electrons. The Morgan fingerprint density at radius 3 is 2.88 bits per heavy atom. The van der Waals surface area contributed by atoms with Crippen LogP contribution in [0.15, 0.2) is 18.2 Å². The first-order valence-corrected chi connectivity index (χ1v) is 10.0. The Hall–Kier alpha value is -1.14. The SMILES string of the molecule is CCCOc1ccc(CN2CCC[C@]3(CN(C)CC[C@@H]3O)C2)cc1CO. The van der Waals surface area contributed by atoms with Gasteiger partial charge in [0.05, 0.1) is 19.3 Å². The van der Waals surface area contributed by atoms with Crippen molar-refractivity contribution in [1.29, 1.82) is 0 Å². The van der Waals surface area contributed by atoms with Gasteiger partial charge in [0.15, 0.2) is 0 Å². The molecule has 2 heterocycles. The van der Waals surface area contributed by atoms with Gasteiger partial charge in [0.1, 0.15) is 5.75 Å². The number of hydrogen-bond acceptors (Lipinski definition) is 5. The molecule has 5 heteroatoms. The van der Waals surface area contributed by atoms with E-state index in [0.717, 1.165) is 69.7 Å². The molecule has 1 aromatic rings. The van der Waals surface area contributed by atoms with Crippen molar-refractivity contribution < 1.29 is 14.9 Å². The van der Waals surface area contributed by atoms with E-state index >= 15 is 0 Å². The maximum absolute atomic E-state index is 10.7. The lowest BCUT2D eigenvalue weighted by Crippen LogP contribution is -2.58. The molecule has 0 unspecified atom stereocenters. The van der Waals surface area contributed by atoms with E-state index < -0.39 is 0 Å². The van der Waals surface area contributed by atoms with Crippen molar-refractivity contribution in [3.63, 3.8) is 0 Å². The van der Waals surface area contributed by atoms with Gasteiger partial charge in [-0.05, 0) is 57.0 Å². The summed E-state index contributed by atoms with van der Waals surface area (Å²) in [6, 6.07) is 6.16. The summed E-state index contributed by atoms with van der Waals surface area (Å²) in [4.78, 5) is 4.83. The van der Waals surface area contributed by atoms with Crippen molar-refractivity contribution in [2.75, 3.05) is 39.8 Å². The second kappa shape index (κ2) is 8.70. The van der Waals surface area contributed by atoms with Gasteiger partial charge >= 0.3 is 0 Å². The molecule has 0 aliphatic carbocycles. The summed E-state index contributed by atoms with van der Waals surface area (Å²) < 4.78 is 5.73. The van der Waals surface area contributed by atoms with Crippen molar-refractivity contribution in [2.45, 2.75) is 51.9 Å². The maximum Gasteiger partial charge on any atom is 0.124 e. The second-order valence-corrected chi connectivity index (χ2v) is 8.17. The smallest absolute Gasteiger partial charge is 0.124 e. The lowest BCUT2D eigenvalue weighted by atomic mass is 9.71. The zero-order valence-corrected chi connectivity index (χ0v) is 16.3. The molecule has 0 aromatic heterocycles. The molecule has 1 spiro atoms. The fourth-order valence-corrected chi connectivity index (χ4v) is 4.63. The second-order valence-electron chi connectivity index (χ2n) is 8.17. The number of benzene rings is 1. The highest BCUT2D eigenvalue weighted by molar-refractivity contribution is 5.37. The molecular formula is C21H34N2O3. The van der Waals surface area contributed by atoms with Crippen LogP contribution in [0.3, 0.4) is 0 Å². The topological polar surface area (TPSA) is 56.2 Å². The van der Waals surface area contributed by atoms with E-state index in [0.29, 0.717) is 6.61 Å². The highest BCUT2D eigenvalue weighted by Gasteiger charge is 2.44. The Balaban J connectivity index is 1.68. The van der Waals surface area contributed by atoms with E-state index in [1.165, 1.54) is 5.56 Å². The van der Waals surface area contributed by atoms with Crippen LogP contribution in [0, 0.1) is 5.41 Å². The first kappa shape index (κ1) is 19.6. The molecule has 0 amide bonds. The van der Waals surface area contributed by atoms with Gasteiger partial charge in [-0.2, -0.15) is 0 Å². The number of likely N-dealkylation sites (tertiary alicyclic amines) is 2. The normalized spacial score (nSPS) is 27.8. The van der Waals surface area contributed by atoms with Gasteiger partial charge in [0, 0.05) is 37.2 Å². The summed E-state index contributed by atoms with van der Waals surface area (Å²) >= 11 is 0. The molecule has 2 N–H and O–H groups in total. The molecule has 3 rings (SSSR count). The molecule has 146 valence electrons. The number of piperidine rings is 2. The number of aliphatic hydroxyl groups is 2. The number of hydrogen-bond donors (Lipinski definition) is 2. The predicted octanol–water partition coefficient (Wildman–Crippen LogP) is 2.25. The molecule has 1 aromatic carbocycles. The lowest BCUT2D eigenvalue weighted by Gasteiger charge is -2.50. The molecule has 2 aliphatic heterocycles. The quantitative estimate of drug-likeness (QED) is 0.813. The average molecular weight is 363 g/mol. The zero-order chi connectivity index (χ0) is 18.6. The molecule has 2 fully saturated rings. The Labute approximate surface area is 157 Å². The number of aliphatic hydroxyl groups excluding tert-OH is 2. The third-order valence-corrected chi connectivity index (χ3v) is 5.93. The van der Waals surface area contributed by atoms with Crippen LogP contribution in [0.2, 0.25) is 0 Å². The third-order valence-electron chi connectivity index (χ3n) is 5.93. The minimum absolute atomic E-state index is 0.000331. The van der Waals surface area contributed by atoms with E-state index in [9.17, 15) is 10.2 Å². The molecule has 26 heavy (non-hydrogen) atoms. The number of rotatable bonds is 6. The monoisotopic (exact) mass is 362 g/mol. The zero-order valence-electron chi connectivity index (χ0n) is 16.3. The minimum atomic E-state index is -0.195. The van der Waals surface area contributed by atoms with E-state index in [-0.39, 0.29) is 18.1 Å².